The second kappa shape index (κ2) is 7.73. The van der Waals surface area contributed by atoms with E-state index in [-0.39, 0.29) is 11.6 Å². The molecule has 27 heavy (non-hydrogen) atoms. The molecule has 0 radical (unpaired) electrons. The molecule has 0 amide bonds. The molecule has 4 aromatic carbocycles. The zero-order valence-electron chi connectivity index (χ0n) is 14.7. The van der Waals surface area contributed by atoms with Crippen molar-refractivity contribution in [2.45, 2.75) is 0 Å². The summed E-state index contributed by atoms with van der Waals surface area (Å²) in [5.41, 5.74) is 0. The first-order chi connectivity index (χ1) is 13.3. The lowest BCUT2D eigenvalue weighted by molar-refractivity contribution is 0.530. The van der Waals surface area contributed by atoms with Gasteiger partial charge in [0.25, 0.3) is 7.49 Å². The fourth-order valence-corrected chi connectivity index (χ4v) is 6.62. The zero-order valence-corrected chi connectivity index (χ0v) is 15.6. The fraction of sp³-hybridized carbons (Fsp3) is 0. The molecule has 0 saturated carbocycles. The van der Waals surface area contributed by atoms with E-state index in [1.54, 1.807) is 18.2 Å². The Hall–Kier alpha value is -2.96. The van der Waals surface area contributed by atoms with Crippen LogP contribution >= 0.6 is 7.49 Å². The molecule has 0 aromatic heterocycles. The Morgan fingerprint density at radius 1 is 0.481 bits per heavy atom. The van der Waals surface area contributed by atoms with Gasteiger partial charge in [-0.05, 0) is 48.5 Å². The molecule has 132 valence electrons. The Balaban J connectivity index is 2.02. The minimum absolute atomic E-state index is 0.266. The molecule has 0 N–H and O–H groups in total. The number of benzene rings is 4. The maximum atomic E-state index is 14.6. The van der Waals surface area contributed by atoms with Crippen LogP contribution in [0.2, 0.25) is 0 Å². The average Bonchev–Trinajstić information content (AvgIpc) is 2.75. The molecule has 0 aliphatic heterocycles. The summed E-state index contributed by atoms with van der Waals surface area (Å²) < 4.78 is 21.2. The molecule has 4 rings (SSSR count). The predicted molar refractivity (Wildman–Crippen MR) is 112 cm³/mol. The second-order valence-electron chi connectivity index (χ2n) is 6.14. The van der Waals surface area contributed by atoms with Crippen LogP contribution in [0.1, 0.15) is 0 Å². The summed E-state index contributed by atoms with van der Waals surface area (Å²) >= 11 is 0. The third kappa shape index (κ3) is 3.37. The van der Waals surface area contributed by atoms with Gasteiger partial charge in [-0.15, -0.1) is 0 Å². The van der Waals surface area contributed by atoms with E-state index in [1.807, 2.05) is 54.6 Å². The largest absolute Gasteiger partial charge is 0.331 e. The summed E-state index contributed by atoms with van der Waals surface area (Å²) in [6.45, 7) is 0. The van der Waals surface area contributed by atoms with Crippen molar-refractivity contribution in [3.05, 3.63) is 121 Å². The molecule has 0 saturated heterocycles. The zero-order chi connectivity index (χ0) is 18.5. The van der Waals surface area contributed by atoms with Crippen molar-refractivity contribution in [3.63, 3.8) is 0 Å². The fourth-order valence-electron chi connectivity index (χ4n) is 3.19. The standard InChI is InChI=1S/C24H19FOP/c25-23-18-10-11-19-24(23)26-27(20-12-4-1-5-13-20,21-14-6-2-7-15-21)22-16-8-3-9-17-22/h1-19H/q+1. The van der Waals surface area contributed by atoms with Crippen LogP contribution in [0.3, 0.4) is 0 Å². The summed E-state index contributed by atoms with van der Waals surface area (Å²) in [6.07, 6.45) is 0. The number of halogens is 1. The van der Waals surface area contributed by atoms with Crippen molar-refractivity contribution in [3.8, 4) is 5.75 Å². The topological polar surface area (TPSA) is 9.23 Å². The molecule has 4 aromatic rings. The Kier molecular flexibility index (Phi) is 5.00. The number of hydrogen-bond acceptors (Lipinski definition) is 1. The monoisotopic (exact) mass is 373 g/mol. The Morgan fingerprint density at radius 2 is 0.852 bits per heavy atom. The van der Waals surface area contributed by atoms with E-state index in [9.17, 15) is 4.39 Å². The van der Waals surface area contributed by atoms with Crippen molar-refractivity contribution in [1.29, 1.82) is 0 Å². The van der Waals surface area contributed by atoms with Crippen LogP contribution in [-0.2, 0) is 0 Å². The molecular weight excluding hydrogens is 354 g/mol. The van der Waals surface area contributed by atoms with Gasteiger partial charge >= 0.3 is 0 Å². The lowest BCUT2D eigenvalue weighted by Crippen LogP contribution is -2.35. The van der Waals surface area contributed by atoms with E-state index in [4.69, 9.17) is 4.52 Å². The van der Waals surface area contributed by atoms with Crippen LogP contribution in [-0.4, -0.2) is 0 Å². The lowest BCUT2D eigenvalue weighted by Gasteiger charge is -2.26. The highest BCUT2D eigenvalue weighted by atomic mass is 31.2. The third-order valence-corrected chi connectivity index (χ3v) is 7.98. The second-order valence-corrected chi connectivity index (χ2v) is 9.09. The normalized spacial score (nSPS) is 11.1. The van der Waals surface area contributed by atoms with E-state index >= 15 is 0 Å². The first-order valence-electron chi connectivity index (χ1n) is 8.81. The summed E-state index contributed by atoms with van der Waals surface area (Å²) in [5, 5.41) is 3.14. The van der Waals surface area contributed by atoms with Crippen molar-refractivity contribution >= 4 is 23.4 Å². The Bertz CT molecular complexity index is 907. The highest BCUT2D eigenvalue weighted by Gasteiger charge is 2.49. The molecule has 0 atom stereocenters. The maximum Gasteiger partial charge on any atom is 0.287 e. The smallest absolute Gasteiger partial charge is 0.287 e. The van der Waals surface area contributed by atoms with Gasteiger partial charge in [0.1, 0.15) is 15.9 Å². The molecule has 0 fully saturated rings. The number of para-hydroxylation sites is 1. The van der Waals surface area contributed by atoms with E-state index < -0.39 is 7.49 Å². The van der Waals surface area contributed by atoms with Crippen LogP contribution in [0.25, 0.3) is 0 Å². The molecule has 3 heteroatoms. The molecule has 0 unspecified atom stereocenters. The van der Waals surface area contributed by atoms with Crippen molar-refractivity contribution in [2.24, 2.45) is 0 Å². The molecule has 0 bridgehead atoms. The van der Waals surface area contributed by atoms with Gasteiger partial charge in [0.2, 0.25) is 5.75 Å². The highest BCUT2D eigenvalue weighted by Crippen LogP contribution is 2.56. The first-order valence-corrected chi connectivity index (χ1v) is 10.5. The van der Waals surface area contributed by atoms with Gasteiger partial charge in [-0.2, -0.15) is 0 Å². The third-order valence-electron chi connectivity index (χ3n) is 4.43. The van der Waals surface area contributed by atoms with Crippen LogP contribution < -0.4 is 20.4 Å². The van der Waals surface area contributed by atoms with Crippen LogP contribution in [0.4, 0.5) is 4.39 Å². The van der Waals surface area contributed by atoms with E-state index in [0.717, 1.165) is 15.9 Å². The highest BCUT2D eigenvalue weighted by molar-refractivity contribution is 7.92. The first kappa shape index (κ1) is 17.5. The lowest BCUT2D eigenvalue weighted by atomic mass is 10.3. The van der Waals surface area contributed by atoms with Gasteiger partial charge in [-0.3, -0.25) is 0 Å². The van der Waals surface area contributed by atoms with Crippen LogP contribution in [0.5, 0.6) is 5.75 Å². The molecular formula is C24H19FOP+. The van der Waals surface area contributed by atoms with Crippen LogP contribution in [0, 0.1) is 5.82 Å². The maximum absolute atomic E-state index is 14.6. The number of rotatable bonds is 5. The predicted octanol–water partition coefficient (Wildman–Crippen LogP) is 5.11. The Morgan fingerprint density at radius 3 is 1.26 bits per heavy atom. The van der Waals surface area contributed by atoms with Gasteiger partial charge in [-0.1, -0.05) is 66.7 Å². The SMILES string of the molecule is Fc1ccccc1O[P+](c1ccccc1)(c1ccccc1)c1ccccc1. The van der Waals surface area contributed by atoms with Crippen molar-refractivity contribution in [2.75, 3.05) is 0 Å². The average molecular weight is 373 g/mol. The summed E-state index contributed by atoms with van der Waals surface area (Å²) in [6, 6.07) is 36.9. The quantitative estimate of drug-likeness (QED) is 0.442. The Labute approximate surface area is 159 Å². The minimum atomic E-state index is -2.54. The summed E-state index contributed by atoms with van der Waals surface area (Å²) in [7, 11) is -2.54. The van der Waals surface area contributed by atoms with Crippen molar-refractivity contribution < 1.29 is 8.91 Å². The molecule has 0 aliphatic rings. The van der Waals surface area contributed by atoms with Gasteiger partial charge in [0.05, 0.1) is 0 Å². The van der Waals surface area contributed by atoms with E-state index in [1.165, 1.54) is 6.07 Å². The molecule has 0 spiro atoms. The van der Waals surface area contributed by atoms with E-state index in [0.29, 0.717) is 0 Å². The van der Waals surface area contributed by atoms with Crippen LogP contribution in [0.15, 0.2) is 115 Å². The molecule has 0 aliphatic carbocycles. The van der Waals surface area contributed by atoms with Gasteiger partial charge < -0.3 is 4.52 Å². The molecule has 1 nitrogen and oxygen atoms in total. The van der Waals surface area contributed by atoms with Gasteiger partial charge in [0, 0.05) is 0 Å². The number of hydrogen-bond donors (Lipinski definition) is 0. The minimum Gasteiger partial charge on any atom is -0.331 e. The summed E-state index contributed by atoms with van der Waals surface area (Å²) in [4.78, 5) is 0. The van der Waals surface area contributed by atoms with Gasteiger partial charge in [-0.25, -0.2) is 4.39 Å². The molecule has 0 heterocycles. The van der Waals surface area contributed by atoms with Crippen molar-refractivity contribution in [1.82, 2.24) is 0 Å². The van der Waals surface area contributed by atoms with Gasteiger partial charge in [0.15, 0.2) is 5.82 Å². The summed E-state index contributed by atoms with van der Waals surface area (Å²) in [5.74, 6) is -0.0907. The van der Waals surface area contributed by atoms with E-state index in [2.05, 4.69) is 36.4 Å².